The van der Waals surface area contributed by atoms with Crippen molar-refractivity contribution in [3.05, 3.63) is 40.0 Å². The molecule has 0 saturated carbocycles. The lowest BCUT2D eigenvalue weighted by Gasteiger charge is -2.34. The Labute approximate surface area is 155 Å². The van der Waals surface area contributed by atoms with Gasteiger partial charge in [-0.25, -0.2) is 4.98 Å². The number of hydrogen-bond acceptors (Lipinski definition) is 5. The molecule has 0 radical (unpaired) electrons. The molecule has 3 rings (SSSR count). The molecule has 0 atom stereocenters. The van der Waals surface area contributed by atoms with E-state index in [1.165, 1.54) is 0 Å². The van der Waals surface area contributed by atoms with E-state index >= 15 is 0 Å². The van der Waals surface area contributed by atoms with Gasteiger partial charge in [0, 0.05) is 37.9 Å². The highest BCUT2D eigenvalue weighted by Gasteiger charge is 2.19. The first kappa shape index (κ1) is 18.0. The van der Waals surface area contributed by atoms with Gasteiger partial charge in [-0.05, 0) is 44.5 Å². The number of aryl methyl sites for hydroxylation is 3. The maximum atomic E-state index is 6.42. The molecule has 6 heteroatoms. The molecular weight excluding hydrogens is 334 g/mol. The number of aromatic nitrogens is 2. The molecule has 0 bridgehead atoms. The van der Waals surface area contributed by atoms with Gasteiger partial charge in [0.05, 0.1) is 10.7 Å². The summed E-state index contributed by atoms with van der Waals surface area (Å²) < 4.78 is 0. The maximum Gasteiger partial charge on any atom is 0.227 e. The summed E-state index contributed by atoms with van der Waals surface area (Å²) in [6, 6.07) is 6.05. The van der Waals surface area contributed by atoms with E-state index in [1.54, 1.807) is 0 Å². The monoisotopic (exact) mass is 359 g/mol. The molecular formula is C19H26ClN5. The molecule has 5 nitrogen and oxygen atoms in total. The van der Waals surface area contributed by atoms with Crippen LogP contribution >= 0.6 is 11.6 Å². The fourth-order valence-corrected chi connectivity index (χ4v) is 3.59. The highest BCUT2D eigenvalue weighted by Crippen LogP contribution is 2.30. The fourth-order valence-electron chi connectivity index (χ4n) is 3.22. The van der Waals surface area contributed by atoms with Crippen LogP contribution in [0, 0.1) is 20.8 Å². The van der Waals surface area contributed by atoms with Crippen LogP contribution in [0.3, 0.4) is 0 Å². The third kappa shape index (κ3) is 4.22. The van der Waals surface area contributed by atoms with E-state index in [-0.39, 0.29) is 0 Å². The van der Waals surface area contributed by atoms with Crippen molar-refractivity contribution < 1.29 is 0 Å². The van der Waals surface area contributed by atoms with Crippen molar-refractivity contribution in [2.75, 3.05) is 42.9 Å². The number of hydrogen-bond donors (Lipinski definition) is 1. The van der Waals surface area contributed by atoms with E-state index < -0.39 is 0 Å². The zero-order valence-electron chi connectivity index (χ0n) is 15.4. The molecule has 1 aromatic carbocycles. The SMILES string of the molecule is CCN1CCN(c2nc(C)cc(Nc3c(C)cc(C)cc3Cl)n2)CC1. The van der Waals surface area contributed by atoms with Crippen molar-refractivity contribution in [3.8, 4) is 0 Å². The second kappa shape index (κ2) is 7.58. The predicted octanol–water partition coefficient (Wildman–Crippen LogP) is 3.94. The average molecular weight is 360 g/mol. The van der Waals surface area contributed by atoms with Crippen LogP contribution < -0.4 is 10.2 Å². The predicted molar refractivity (Wildman–Crippen MR) is 105 cm³/mol. The number of nitrogens with one attached hydrogen (secondary N) is 1. The molecule has 134 valence electrons. The van der Waals surface area contributed by atoms with Crippen LogP contribution in [0.4, 0.5) is 17.5 Å². The Kier molecular flexibility index (Phi) is 5.45. The van der Waals surface area contributed by atoms with Gasteiger partial charge in [0.15, 0.2) is 0 Å². The molecule has 2 aromatic rings. The molecule has 2 heterocycles. The molecule has 0 aliphatic carbocycles. The van der Waals surface area contributed by atoms with Gasteiger partial charge in [-0.2, -0.15) is 4.98 Å². The van der Waals surface area contributed by atoms with E-state index in [0.717, 1.165) is 67.0 Å². The van der Waals surface area contributed by atoms with Crippen molar-refractivity contribution in [1.29, 1.82) is 0 Å². The minimum absolute atomic E-state index is 0.715. The third-order valence-corrected chi connectivity index (χ3v) is 4.93. The number of rotatable bonds is 4. The first-order valence-corrected chi connectivity index (χ1v) is 9.21. The Bertz CT molecular complexity index is 730. The first-order chi connectivity index (χ1) is 12.0. The Balaban J connectivity index is 1.83. The van der Waals surface area contributed by atoms with Crippen molar-refractivity contribution in [2.24, 2.45) is 0 Å². The minimum Gasteiger partial charge on any atom is -0.339 e. The Morgan fingerprint density at radius 1 is 1.04 bits per heavy atom. The molecule has 1 aliphatic heterocycles. The van der Waals surface area contributed by atoms with E-state index in [0.29, 0.717) is 5.02 Å². The molecule has 0 amide bonds. The van der Waals surface area contributed by atoms with Crippen LogP contribution in [0.5, 0.6) is 0 Å². The lowest BCUT2D eigenvalue weighted by molar-refractivity contribution is 0.270. The summed E-state index contributed by atoms with van der Waals surface area (Å²) in [7, 11) is 0. The molecule has 1 aliphatic rings. The quantitative estimate of drug-likeness (QED) is 0.895. The summed E-state index contributed by atoms with van der Waals surface area (Å²) in [6.45, 7) is 13.4. The minimum atomic E-state index is 0.715. The third-order valence-electron chi connectivity index (χ3n) is 4.63. The van der Waals surface area contributed by atoms with Gasteiger partial charge < -0.3 is 15.1 Å². The normalized spacial score (nSPS) is 15.5. The molecule has 0 spiro atoms. The average Bonchev–Trinajstić information content (AvgIpc) is 2.58. The van der Waals surface area contributed by atoms with Crippen molar-refractivity contribution in [2.45, 2.75) is 27.7 Å². The highest BCUT2D eigenvalue weighted by molar-refractivity contribution is 6.33. The highest BCUT2D eigenvalue weighted by atomic mass is 35.5. The van der Waals surface area contributed by atoms with E-state index in [9.17, 15) is 0 Å². The summed E-state index contributed by atoms with van der Waals surface area (Å²) >= 11 is 6.42. The standard InChI is InChI=1S/C19H26ClN5/c1-5-24-6-8-25(9-7-24)19-21-15(4)12-17(23-19)22-18-14(3)10-13(2)11-16(18)20/h10-12H,5-9H2,1-4H3,(H,21,22,23). The summed E-state index contributed by atoms with van der Waals surface area (Å²) in [5.41, 5.74) is 4.12. The molecule has 1 N–H and O–H groups in total. The first-order valence-electron chi connectivity index (χ1n) is 8.83. The van der Waals surface area contributed by atoms with Gasteiger partial charge in [0.2, 0.25) is 5.95 Å². The van der Waals surface area contributed by atoms with Crippen LogP contribution in [0.25, 0.3) is 0 Å². The van der Waals surface area contributed by atoms with Gasteiger partial charge in [-0.3, -0.25) is 0 Å². The maximum absolute atomic E-state index is 6.42. The van der Waals surface area contributed by atoms with Crippen LogP contribution in [0.1, 0.15) is 23.7 Å². The van der Waals surface area contributed by atoms with Gasteiger partial charge in [-0.15, -0.1) is 0 Å². The van der Waals surface area contributed by atoms with Gasteiger partial charge in [-0.1, -0.05) is 24.6 Å². The molecule has 25 heavy (non-hydrogen) atoms. The van der Waals surface area contributed by atoms with Crippen molar-refractivity contribution >= 4 is 29.1 Å². The second-order valence-electron chi connectivity index (χ2n) is 6.68. The summed E-state index contributed by atoms with van der Waals surface area (Å²) in [5.74, 6) is 1.58. The Morgan fingerprint density at radius 2 is 1.76 bits per heavy atom. The Hall–Kier alpha value is -1.85. The van der Waals surface area contributed by atoms with E-state index in [1.807, 2.05) is 26.0 Å². The number of piperazine rings is 1. The lowest BCUT2D eigenvalue weighted by atomic mass is 10.1. The molecule has 1 aromatic heterocycles. The summed E-state index contributed by atoms with van der Waals surface area (Å²) in [6.07, 6.45) is 0. The zero-order chi connectivity index (χ0) is 18.0. The van der Waals surface area contributed by atoms with Crippen LogP contribution in [-0.2, 0) is 0 Å². The fraction of sp³-hybridized carbons (Fsp3) is 0.474. The number of benzene rings is 1. The number of nitrogens with zero attached hydrogens (tertiary/aromatic N) is 4. The van der Waals surface area contributed by atoms with Crippen molar-refractivity contribution in [1.82, 2.24) is 14.9 Å². The Morgan fingerprint density at radius 3 is 2.40 bits per heavy atom. The zero-order valence-corrected chi connectivity index (χ0v) is 16.2. The topological polar surface area (TPSA) is 44.3 Å². The molecule has 0 unspecified atom stereocenters. The van der Waals surface area contributed by atoms with Gasteiger partial charge in [0.25, 0.3) is 0 Å². The summed E-state index contributed by atoms with van der Waals surface area (Å²) in [5, 5.41) is 4.10. The van der Waals surface area contributed by atoms with Gasteiger partial charge >= 0.3 is 0 Å². The van der Waals surface area contributed by atoms with Crippen molar-refractivity contribution in [3.63, 3.8) is 0 Å². The largest absolute Gasteiger partial charge is 0.339 e. The summed E-state index contributed by atoms with van der Waals surface area (Å²) in [4.78, 5) is 14.1. The van der Waals surface area contributed by atoms with Crippen LogP contribution in [-0.4, -0.2) is 47.6 Å². The van der Waals surface area contributed by atoms with Gasteiger partial charge in [0.1, 0.15) is 5.82 Å². The smallest absolute Gasteiger partial charge is 0.227 e. The van der Waals surface area contributed by atoms with Crippen LogP contribution in [0.15, 0.2) is 18.2 Å². The van der Waals surface area contributed by atoms with E-state index in [2.05, 4.69) is 40.0 Å². The number of likely N-dealkylation sites (N-methyl/N-ethyl adjacent to an activating group) is 1. The number of halogens is 1. The molecule has 1 fully saturated rings. The lowest BCUT2D eigenvalue weighted by Crippen LogP contribution is -2.46. The van der Waals surface area contributed by atoms with E-state index in [4.69, 9.17) is 16.6 Å². The second-order valence-corrected chi connectivity index (χ2v) is 7.09. The van der Waals surface area contributed by atoms with Crippen LogP contribution in [0.2, 0.25) is 5.02 Å². The molecule has 1 saturated heterocycles. The number of anilines is 3.